The van der Waals surface area contributed by atoms with E-state index in [0.717, 1.165) is 5.56 Å². The standard InChI is InChI=1S/C8H10ClN3/c9-7-3-1-6(2-4-7)8(5-10)12-11/h1-5,12H,10-11H2/b8-5-. The molecule has 1 aromatic rings. The van der Waals surface area contributed by atoms with Gasteiger partial charge in [0.25, 0.3) is 0 Å². The van der Waals surface area contributed by atoms with Crippen LogP contribution in [0, 0.1) is 0 Å². The van der Waals surface area contributed by atoms with Crippen molar-refractivity contribution in [1.29, 1.82) is 0 Å². The molecular formula is C8H10ClN3. The molecule has 12 heavy (non-hydrogen) atoms. The zero-order valence-electron chi connectivity index (χ0n) is 6.42. The summed E-state index contributed by atoms with van der Waals surface area (Å²) in [7, 11) is 0. The van der Waals surface area contributed by atoms with Gasteiger partial charge in [0.15, 0.2) is 0 Å². The molecule has 0 radical (unpaired) electrons. The lowest BCUT2D eigenvalue weighted by Gasteiger charge is -2.04. The molecule has 0 fully saturated rings. The highest BCUT2D eigenvalue weighted by Gasteiger charge is 1.96. The molecule has 5 N–H and O–H groups in total. The van der Waals surface area contributed by atoms with Crippen molar-refractivity contribution in [3.05, 3.63) is 41.1 Å². The quantitative estimate of drug-likeness (QED) is 0.475. The SMILES string of the molecule is N/C=C(\NN)c1ccc(Cl)cc1. The summed E-state index contributed by atoms with van der Waals surface area (Å²) in [5.74, 6) is 5.22. The summed E-state index contributed by atoms with van der Waals surface area (Å²) < 4.78 is 0. The molecule has 0 spiro atoms. The van der Waals surface area contributed by atoms with Crippen LogP contribution in [0.3, 0.4) is 0 Å². The van der Waals surface area contributed by atoms with E-state index >= 15 is 0 Å². The Kier molecular flexibility index (Phi) is 2.96. The van der Waals surface area contributed by atoms with Crippen LogP contribution in [-0.2, 0) is 0 Å². The molecular weight excluding hydrogens is 174 g/mol. The molecule has 3 nitrogen and oxygen atoms in total. The van der Waals surface area contributed by atoms with Crippen LogP contribution in [0.4, 0.5) is 0 Å². The predicted molar refractivity (Wildman–Crippen MR) is 50.9 cm³/mol. The van der Waals surface area contributed by atoms with Crippen LogP contribution in [0.1, 0.15) is 5.56 Å². The summed E-state index contributed by atoms with van der Waals surface area (Å²) >= 11 is 5.70. The highest BCUT2D eigenvalue weighted by atomic mass is 35.5. The van der Waals surface area contributed by atoms with Crippen LogP contribution in [0.2, 0.25) is 5.02 Å². The molecule has 0 saturated heterocycles. The van der Waals surface area contributed by atoms with Gasteiger partial charge in [0.05, 0.1) is 5.70 Å². The number of nitrogens with two attached hydrogens (primary N) is 2. The van der Waals surface area contributed by atoms with Crippen molar-refractivity contribution < 1.29 is 0 Å². The lowest BCUT2D eigenvalue weighted by Crippen LogP contribution is -2.20. The van der Waals surface area contributed by atoms with Crippen molar-refractivity contribution in [3.8, 4) is 0 Å². The maximum absolute atomic E-state index is 5.70. The highest BCUT2D eigenvalue weighted by molar-refractivity contribution is 6.30. The second-order valence-corrected chi connectivity index (χ2v) is 2.67. The Morgan fingerprint density at radius 1 is 1.33 bits per heavy atom. The third kappa shape index (κ3) is 1.90. The van der Waals surface area contributed by atoms with Crippen LogP contribution >= 0.6 is 11.6 Å². The van der Waals surface area contributed by atoms with Gasteiger partial charge in [-0.05, 0) is 12.1 Å². The highest BCUT2D eigenvalue weighted by Crippen LogP contribution is 2.13. The van der Waals surface area contributed by atoms with Crippen molar-refractivity contribution in [2.24, 2.45) is 11.6 Å². The molecule has 0 aliphatic heterocycles. The number of hydrogen-bond acceptors (Lipinski definition) is 3. The third-order valence-corrected chi connectivity index (χ3v) is 1.73. The molecule has 0 bridgehead atoms. The fourth-order valence-electron chi connectivity index (χ4n) is 0.857. The lowest BCUT2D eigenvalue weighted by molar-refractivity contribution is 0.988. The Hall–Kier alpha value is -1.19. The van der Waals surface area contributed by atoms with Crippen LogP contribution in [0.15, 0.2) is 30.5 Å². The monoisotopic (exact) mass is 183 g/mol. The third-order valence-electron chi connectivity index (χ3n) is 1.48. The van der Waals surface area contributed by atoms with E-state index in [-0.39, 0.29) is 0 Å². The summed E-state index contributed by atoms with van der Waals surface area (Å²) in [5, 5.41) is 0.687. The Morgan fingerprint density at radius 3 is 2.33 bits per heavy atom. The molecule has 0 atom stereocenters. The number of halogens is 1. The molecule has 0 aliphatic carbocycles. The minimum absolute atomic E-state index is 0.673. The zero-order chi connectivity index (χ0) is 8.97. The van der Waals surface area contributed by atoms with Gasteiger partial charge >= 0.3 is 0 Å². The average Bonchev–Trinajstić information content (AvgIpc) is 2.10. The van der Waals surface area contributed by atoms with Crippen molar-refractivity contribution in [2.45, 2.75) is 0 Å². The Labute approximate surface area is 76.0 Å². The van der Waals surface area contributed by atoms with E-state index < -0.39 is 0 Å². The Bertz CT molecular complexity index is 279. The minimum Gasteiger partial charge on any atom is -0.403 e. The number of nitrogens with one attached hydrogen (secondary N) is 1. The normalized spacial score (nSPS) is 11.3. The van der Waals surface area contributed by atoms with Gasteiger partial charge in [0.1, 0.15) is 0 Å². The minimum atomic E-state index is 0.673. The molecule has 1 aromatic carbocycles. The van der Waals surface area contributed by atoms with E-state index in [2.05, 4.69) is 5.43 Å². The first-order valence-corrected chi connectivity index (χ1v) is 3.80. The number of hydrazine groups is 1. The predicted octanol–water partition coefficient (Wildman–Crippen LogP) is 1.06. The topological polar surface area (TPSA) is 64.1 Å². The van der Waals surface area contributed by atoms with E-state index in [0.29, 0.717) is 10.7 Å². The molecule has 0 aliphatic rings. The molecule has 0 amide bonds. The molecule has 0 unspecified atom stereocenters. The van der Waals surface area contributed by atoms with Crippen LogP contribution in [0.5, 0.6) is 0 Å². The molecule has 0 saturated carbocycles. The molecule has 4 heteroatoms. The van der Waals surface area contributed by atoms with Crippen LogP contribution in [-0.4, -0.2) is 0 Å². The smallest absolute Gasteiger partial charge is 0.0713 e. The van der Waals surface area contributed by atoms with E-state index in [1.807, 2.05) is 12.1 Å². The van der Waals surface area contributed by atoms with Gasteiger partial charge in [-0.1, -0.05) is 23.7 Å². The number of rotatable bonds is 2. The first-order chi connectivity index (χ1) is 5.77. The van der Waals surface area contributed by atoms with Crippen molar-refractivity contribution in [3.63, 3.8) is 0 Å². The van der Waals surface area contributed by atoms with Gasteiger partial charge < -0.3 is 11.2 Å². The largest absolute Gasteiger partial charge is 0.403 e. The summed E-state index contributed by atoms with van der Waals surface area (Å²) in [5.41, 5.74) is 9.38. The van der Waals surface area contributed by atoms with Gasteiger partial charge in [0, 0.05) is 16.8 Å². The second kappa shape index (κ2) is 3.99. The zero-order valence-corrected chi connectivity index (χ0v) is 7.18. The van der Waals surface area contributed by atoms with E-state index in [1.54, 1.807) is 12.1 Å². The molecule has 0 aromatic heterocycles. The molecule has 1 rings (SSSR count). The average molecular weight is 184 g/mol. The first-order valence-electron chi connectivity index (χ1n) is 3.42. The molecule has 0 heterocycles. The van der Waals surface area contributed by atoms with Crippen LogP contribution in [0.25, 0.3) is 5.70 Å². The van der Waals surface area contributed by atoms with E-state index in [1.165, 1.54) is 6.20 Å². The lowest BCUT2D eigenvalue weighted by atomic mass is 10.2. The van der Waals surface area contributed by atoms with Gasteiger partial charge in [-0.15, -0.1) is 0 Å². The van der Waals surface area contributed by atoms with E-state index in [4.69, 9.17) is 23.2 Å². The first kappa shape index (κ1) is 8.90. The van der Waals surface area contributed by atoms with E-state index in [9.17, 15) is 0 Å². The van der Waals surface area contributed by atoms with Gasteiger partial charge in [-0.2, -0.15) is 0 Å². The summed E-state index contributed by atoms with van der Waals surface area (Å²) in [6.45, 7) is 0. The van der Waals surface area contributed by atoms with Crippen molar-refractivity contribution in [2.75, 3.05) is 0 Å². The maximum atomic E-state index is 5.70. The molecule has 64 valence electrons. The fraction of sp³-hybridized carbons (Fsp3) is 0. The van der Waals surface area contributed by atoms with Gasteiger partial charge in [-0.3, -0.25) is 5.84 Å². The number of hydrogen-bond donors (Lipinski definition) is 3. The maximum Gasteiger partial charge on any atom is 0.0713 e. The second-order valence-electron chi connectivity index (χ2n) is 2.23. The Morgan fingerprint density at radius 2 is 1.92 bits per heavy atom. The van der Waals surface area contributed by atoms with Gasteiger partial charge in [-0.25, -0.2) is 0 Å². The summed E-state index contributed by atoms with van der Waals surface area (Å²) in [6.07, 6.45) is 1.41. The number of benzene rings is 1. The fourth-order valence-corrected chi connectivity index (χ4v) is 0.983. The summed E-state index contributed by atoms with van der Waals surface area (Å²) in [6, 6.07) is 7.22. The van der Waals surface area contributed by atoms with Crippen molar-refractivity contribution >= 4 is 17.3 Å². The van der Waals surface area contributed by atoms with Crippen molar-refractivity contribution in [1.82, 2.24) is 5.43 Å². The van der Waals surface area contributed by atoms with Crippen LogP contribution < -0.4 is 17.0 Å². The van der Waals surface area contributed by atoms with Gasteiger partial charge in [0.2, 0.25) is 0 Å². The summed E-state index contributed by atoms with van der Waals surface area (Å²) in [4.78, 5) is 0. The Balaban J connectivity index is 2.96.